The number of nitrogens with one attached hydrogen (secondary N) is 1. The van der Waals surface area contributed by atoms with Gasteiger partial charge in [0.25, 0.3) is 0 Å². The van der Waals surface area contributed by atoms with Gasteiger partial charge in [-0.1, -0.05) is 34.1 Å². The first kappa shape index (κ1) is 16.3. The number of thioether (sulfide) groups is 1. The molecular weight excluding hydrogens is 218 g/mol. The van der Waals surface area contributed by atoms with E-state index >= 15 is 0 Å². The maximum atomic E-state index is 9.42. The quantitative estimate of drug-likeness (QED) is 0.615. The molecule has 0 saturated heterocycles. The van der Waals surface area contributed by atoms with Crippen LogP contribution in [0.1, 0.15) is 47.5 Å². The van der Waals surface area contributed by atoms with Crippen LogP contribution in [0.25, 0.3) is 0 Å². The molecule has 0 aliphatic heterocycles. The first-order valence-corrected chi connectivity index (χ1v) is 7.55. The average Bonchev–Trinajstić information content (AvgIpc) is 2.23. The van der Waals surface area contributed by atoms with E-state index in [4.69, 9.17) is 0 Å². The van der Waals surface area contributed by atoms with Crippen LogP contribution in [-0.2, 0) is 0 Å². The Morgan fingerprint density at radius 1 is 1.31 bits per heavy atom. The van der Waals surface area contributed by atoms with Gasteiger partial charge in [0.2, 0.25) is 0 Å². The zero-order chi connectivity index (χ0) is 12.6. The molecule has 0 radical (unpaired) electrons. The van der Waals surface area contributed by atoms with Gasteiger partial charge >= 0.3 is 0 Å². The van der Waals surface area contributed by atoms with Gasteiger partial charge in [-0.05, 0) is 30.8 Å². The highest BCUT2D eigenvalue weighted by Crippen LogP contribution is 2.17. The Hall–Kier alpha value is 0.270. The van der Waals surface area contributed by atoms with E-state index in [0.29, 0.717) is 6.04 Å². The van der Waals surface area contributed by atoms with Crippen molar-refractivity contribution in [1.82, 2.24) is 5.32 Å². The Balaban J connectivity index is 3.78. The van der Waals surface area contributed by atoms with Gasteiger partial charge in [-0.15, -0.1) is 0 Å². The zero-order valence-corrected chi connectivity index (χ0v) is 12.4. The molecule has 0 aliphatic rings. The van der Waals surface area contributed by atoms with Gasteiger partial charge in [-0.25, -0.2) is 0 Å². The summed E-state index contributed by atoms with van der Waals surface area (Å²) in [5.41, 5.74) is -0.114. The topological polar surface area (TPSA) is 32.3 Å². The maximum Gasteiger partial charge on any atom is 0.0610 e. The summed E-state index contributed by atoms with van der Waals surface area (Å²) in [5, 5.41) is 12.9. The molecule has 0 rings (SSSR count). The van der Waals surface area contributed by atoms with Crippen molar-refractivity contribution in [3.05, 3.63) is 0 Å². The van der Waals surface area contributed by atoms with Gasteiger partial charge in [-0.2, -0.15) is 11.8 Å². The Bertz CT molecular complexity index is 175. The number of hydrogen-bond donors (Lipinski definition) is 2. The van der Waals surface area contributed by atoms with Gasteiger partial charge in [0.15, 0.2) is 0 Å². The van der Waals surface area contributed by atoms with Crippen LogP contribution in [0.4, 0.5) is 0 Å². The first-order valence-electron chi connectivity index (χ1n) is 6.40. The number of aliphatic hydroxyl groups is 1. The SMILES string of the molecule is CCC(C)CSCCC(C)(CO)NC(C)C. The van der Waals surface area contributed by atoms with Crippen LogP contribution in [0.5, 0.6) is 0 Å². The Kier molecular flexibility index (Phi) is 8.52. The molecular formula is C13H29NOS. The lowest BCUT2D eigenvalue weighted by Gasteiger charge is -2.31. The van der Waals surface area contributed by atoms with Crippen LogP contribution in [0, 0.1) is 5.92 Å². The minimum absolute atomic E-state index is 0.114. The molecule has 0 aliphatic carbocycles. The molecule has 2 atom stereocenters. The molecule has 98 valence electrons. The standard InChI is InChI=1S/C13H29NOS/c1-6-12(4)9-16-8-7-13(5,10-15)14-11(2)3/h11-12,14-15H,6-10H2,1-5H3. The Labute approximate surface area is 106 Å². The minimum atomic E-state index is -0.114. The van der Waals surface area contributed by atoms with Crippen LogP contribution in [0.2, 0.25) is 0 Å². The summed E-state index contributed by atoms with van der Waals surface area (Å²) in [4.78, 5) is 0. The molecule has 3 heteroatoms. The molecule has 0 amide bonds. The zero-order valence-electron chi connectivity index (χ0n) is 11.5. The third-order valence-corrected chi connectivity index (χ3v) is 4.18. The van der Waals surface area contributed by atoms with E-state index in [1.54, 1.807) is 0 Å². The fourth-order valence-electron chi connectivity index (χ4n) is 1.59. The van der Waals surface area contributed by atoms with Gasteiger partial charge < -0.3 is 10.4 Å². The van der Waals surface area contributed by atoms with Crippen molar-refractivity contribution in [2.75, 3.05) is 18.1 Å². The molecule has 0 aromatic carbocycles. The third kappa shape index (κ3) is 7.53. The monoisotopic (exact) mass is 247 g/mol. The third-order valence-electron chi connectivity index (χ3n) is 2.88. The summed E-state index contributed by atoms with van der Waals surface area (Å²) >= 11 is 2.00. The van der Waals surface area contributed by atoms with E-state index in [-0.39, 0.29) is 12.1 Å². The summed E-state index contributed by atoms with van der Waals surface area (Å²) < 4.78 is 0. The van der Waals surface area contributed by atoms with Crippen molar-refractivity contribution in [3.63, 3.8) is 0 Å². The molecule has 0 spiro atoms. The molecule has 2 nitrogen and oxygen atoms in total. The second-order valence-electron chi connectivity index (χ2n) is 5.36. The highest BCUT2D eigenvalue weighted by atomic mass is 32.2. The van der Waals surface area contributed by atoms with E-state index in [1.165, 1.54) is 12.2 Å². The lowest BCUT2D eigenvalue weighted by Crippen LogP contribution is -2.49. The van der Waals surface area contributed by atoms with Crippen molar-refractivity contribution in [1.29, 1.82) is 0 Å². The van der Waals surface area contributed by atoms with E-state index in [2.05, 4.69) is 39.9 Å². The van der Waals surface area contributed by atoms with Crippen molar-refractivity contribution in [2.45, 2.75) is 59.0 Å². The fourth-order valence-corrected chi connectivity index (χ4v) is 2.99. The normalized spacial score (nSPS) is 17.4. The molecule has 0 bridgehead atoms. The van der Waals surface area contributed by atoms with E-state index < -0.39 is 0 Å². The van der Waals surface area contributed by atoms with Crippen LogP contribution >= 0.6 is 11.8 Å². The highest BCUT2D eigenvalue weighted by Gasteiger charge is 2.23. The van der Waals surface area contributed by atoms with Gasteiger partial charge in [0.05, 0.1) is 6.61 Å². The molecule has 0 aromatic rings. The summed E-state index contributed by atoms with van der Waals surface area (Å²) in [6.07, 6.45) is 2.29. The van der Waals surface area contributed by atoms with Gasteiger partial charge in [-0.3, -0.25) is 0 Å². The lowest BCUT2D eigenvalue weighted by molar-refractivity contribution is 0.162. The predicted octanol–water partition coefficient (Wildman–Crippen LogP) is 2.90. The van der Waals surface area contributed by atoms with Crippen LogP contribution < -0.4 is 5.32 Å². The molecule has 0 saturated carbocycles. The van der Waals surface area contributed by atoms with Crippen molar-refractivity contribution in [3.8, 4) is 0 Å². The van der Waals surface area contributed by atoms with E-state index in [1.807, 2.05) is 11.8 Å². The predicted molar refractivity (Wildman–Crippen MR) is 75.2 cm³/mol. The lowest BCUT2D eigenvalue weighted by atomic mass is 9.99. The fraction of sp³-hybridized carbons (Fsp3) is 1.00. The summed E-state index contributed by atoms with van der Waals surface area (Å²) in [6, 6.07) is 0.428. The van der Waals surface area contributed by atoms with Crippen molar-refractivity contribution >= 4 is 11.8 Å². The Morgan fingerprint density at radius 2 is 1.94 bits per heavy atom. The number of hydrogen-bond acceptors (Lipinski definition) is 3. The summed E-state index contributed by atoms with van der Waals surface area (Å²) in [6.45, 7) is 11.1. The van der Waals surface area contributed by atoms with Gasteiger partial charge in [0.1, 0.15) is 0 Å². The van der Waals surface area contributed by atoms with Crippen LogP contribution in [-0.4, -0.2) is 34.8 Å². The molecule has 2 N–H and O–H groups in total. The Morgan fingerprint density at radius 3 is 2.38 bits per heavy atom. The second kappa shape index (κ2) is 8.37. The van der Waals surface area contributed by atoms with E-state index in [0.717, 1.165) is 18.1 Å². The molecule has 0 aromatic heterocycles. The first-order chi connectivity index (χ1) is 7.43. The van der Waals surface area contributed by atoms with Crippen molar-refractivity contribution < 1.29 is 5.11 Å². The average molecular weight is 247 g/mol. The van der Waals surface area contributed by atoms with Crippen LogP contribution in [0.3, 0.4) is 0 Å². The highest BCUT2D eigenvalue weighted by molar-refractivity contribution is 7.99. The largest absolute Gasteiger partial charge is 0.394 e. The summed E-state index contributed by atoms with van der Waals surface area (Å²) in [7, 11) is 0. The number of rotatable bonds is 9. The molecule has 16 heavy (non-hydrogen) atoms. The maximum absolute atomic E-state index is 9.42. The smallest absolute Gasteiger partial charge is 0.0610 e. The minimum Gasteiger partial charge on any atom is -0.394 e. The van der Waals surface area contributed by atoms with Crippen LogP contribution in [0.15, 0.2) is 0 Å². The molecule has 0 heterocycles. The second-order valence-corrected chi connectivity index (χ2v) is 6.51. The van der Waals surface area contributed by atoms with E-state index in [9.17, 15) is 5.11 Å². The molecule has 0 fully saturated rings. The summed E-state index contributed by atoms with van der Waals surface area (Å²) in [5.74, 6) is 3.17. The molecule has 2 unspecified atom stereocenters. The van der Waals surface area contributed by atoms with Crippen molar-refractivity contribution in [2.24, 2.45) is 5.92 Å². The number of aliphatic hydroxyl groups excluding tert-OH is 1. The van der Waals surface area contributed by atoms with Gasteiger partial charge in [0, 0.05) is 11.6 Å².